The van der Waals surface area contributed by atoms with Crippen LogP contribution in [0.2, 0.25) is 0 Å². The van der Waals surface area contributed by atoms with Gasteiger partial charge in [0.05, 0.1) is 29.3 Å². The van der Waals surface area contributed by atoms with Crippen LogP contribution in [0.25, 0.3) is 11.0 Å². The molecule has 3 aliphatic rings. The van der Waals surface area contributed by atoms with Gasteiger partial charge in [0, 0.05) is 18.5 Å². The summed E-state index contributed by atoms with van der Waals surface area (Å²) in [6, 6.07) is -0.378. The number of urea groups is 1. The molecule has 4 heterocycles. The number of benzene rings is 1. The van der Waals surface area contributed by atoms with Crippen molar-refractivity contribution in [3.05, 3.63) is 17.4 Å². The molecule has 2 aromatic rings. The highest BCUT2D eigenvalue weighted by atomic mass is 19.1. The molecule has 36 heavy (non-hydrogen) atoms. The third-order valence-corrected chi connectivity index (χ3v) is 6.94. The summed E-state index contributed by atoms with van der Waals surface area (Å²) < 4.78 is 31.6. The van der Waals surface area contributed by atoms with Gasteiger partial charge in [-0.1, -0.05) is 0 Å². The molecular formula is C23H25FN4O8. The number of barbiturate groups is 1. The number of nitrogens with zero attached hydrogens (tertiary/aromatic N) is 3. The summed E-state index contributed by atoms with van der Waals surface area (Å²) in [5.41, 5.74) is -2.78. The van der Waals surface area contributed by atoms with Gasteiger partial charge in [-0.05, 0) is 51.4 Å². The second-order valence-corrected chi connectivity index (χ2v) is 10.4. The quantitative estimate of drug-likeness (QED) is 0.437. The predicted octanol–water partition coefficient (Wildman–Crippen LogP) is 2.43. The number of ether oxygens (including phenoxy) is 2. The van der Waals surface area contributed by atoms with Gasteiger partial charge in [0.15, 0.2) is 11.2 Å². The molecule has 0 saturated carbocycles. The van der Waals surface area contributed by atoms with Crippen molar-refractivity contribution in [1.29, 1.82) is 0 Å². The Morgan fingerprint density at radius 2 is 2.00 bits per heavy atom. The maximum atomic E-state index is 15.9. The highest BCUT2D eigenvalue weighted by Gasteiger charge is 2.66. The van der Waals surface area contributed by atoms with E-state index < -0.39 is 58.8 Å². The van der Waals surface area contributed by atoms with Crippen LogP contribution in [0.3, 0.4) is 0 Å². The summed E-state index contributed by atoms with van der Waals surface area (Å²) in [5.74, 6) is -2.83. The minimum absolute atomic E-state index is 0.0657. The molecular weight excluding hydrogens is 479 g/mol. The van der Waals surface area contributed by atoms with E-state index in [0.717, 1.165) is 4.90 Å². The number of fused-ring (bicyclic) bond motifs is 5. The molecule has 0 aliphatic carbocycles. The molecule has 2 N–H and O–H groups in total. The maximum Gasteiger partial charge on any atom is 0.512 e. The first-order chi connectivity index (χ1) is 16.8. The van der Waals surface area contributed by atoms with Crippen molar-refractivity contribution >= 4 is 40.7 Å². The van der Waals surface area contributed by atoms with Crippen LogP contribution in [0.4, 0.5) is 19.7 Å². The number of anilines is 1. The third-order valence-electron chi connectivity index (χ3n) is 6.94. The van der Waals surface area contributed by atoms with E-state index in [1.807, 2.05) is 0 Å². The van der Waals surface area contributed by atoms with Crippen LogP contribution in [0, 0.1) is 11.2 Å². The molecule has 2 fully saturated rings. The maximum absolute atomic E-state index is 15.9. The van der Waals surface area contributed by atoms with E-state index >= 15 is 4.39 Å². The Labute approximate surface area is 204 Å². The Kier molecular flexibility index (Phi) is 5.08. The topological polar surface area (TPSA) is 152 Å². The van der Waals surface area contributed by atoms with Gasteiger partial charge in [-0.25, -0.2) is 14.0 Å². The van der Waals surface area contributed by atoms with Crippen molar-refractivity contribution in [3.8, 4) is 5.88 Å². The SMILES string of the molecule is C[C@H]1CN2c3c(cc4c(OC(=O)O)noc4c3F)CC3(C(=O)NC(=O)N(C(C)(C)C)C3=O)[C@@H]2[C@@H](C)O1. The number of carbonyl (C=O) groups is 4. The number of imide groups is 2. The molecule has 4 amide bonds. The number of aromatic nitrogens is 1. The highest BCUT2D eigenvalue weighted by Crippen LogP contribution is 2.51. The molecule has 3 aliphatic heterocycles. The third kappa shape index (κ3) is 3.18. The molecule has 1 unspecified atom stereocenters. The van der Waals surface area contributed by atoms with Crippen LogP contribution in [-0.2, 0) is 20.7 Å². The smallest absolute Gasteiger partial charge is 0.449 e. The van der Waals surface area contributed by atoms with Crippen LogP contribution < -0.4 is 15.0 Å². The lowest BCUT2D eigenvalue weighted by molar-refractivity contribution is -0.163. The molecule has 1 aromatic heterocycles. The van der Waals surface area contributed by atoms with E-state index in [1.165, 1.54) is 6.07 Å². The van der Waals surface area contributed by atoms with E-state index in [1.54, 1.807) is 39.5 Å². The monoisotopic (exact) mass is 504 g/mol. The first-order valence-corrected chi connectivity index (χ1v) is 11.4. The Morgan fingerprint density at radius 1 is 1.31 bits per heavy atom. The van der Waals surface area contributed by atoms with Crippen LogP contribution >= 0.6 is 0 Å². The van der Waals surface area contributed by atoms with Crippen molar-refractivity contribution in [1.82, 2.24) is 15.4 Å². The number of halogens is 1. The summed E-state index contributed by atoms with van der Waals surface area (Å²) in [6.45, 7) is 8.62. The van der Waals surface area contributed by atoms with E-state index in [0.29, 0.717) is 0 Å². The van der Waals surface area contributed by atoms with Gasteiger partial charge >= 0.3 is 12.2 Å². The minimum Gasteiger partial charge on any atom is -0.449 e. The van der Waals surface area contributed by atoms with Gasteiger partial charge in [0.25, 0.3) is 5.88 Å². The zero-order valence-electron chi connectivity index (χ0n) is 20.2. The molecule has 0 bridgehead atoms. The van der Waals surface area contributed by atoms with E-state index in [-0.39, 0.29) is 41.3 Å². The van der Waals surface area contributed by atoms with E-state index in [2.05, 4.69) is 15.2 Å². The van der Waals surface area contributed by atoms with Crippen LogP contribution in [-0.4, -0.2) is 69.5 Å². The van der Waals surface area contributed by atoms with Crippen molar-refractivity contribution in [2.45, 2.75) is 64.8 Å². The number of carboxylic acid groups (broad SMARTS) is 1. The number of amides is 4. The fourth-order valence-electron chi connectivity index (χ4n) is 5.77. The molecule has 5 rings (SSSR count). The lowest BCUT2D eigenvalue weighted by atomic mass is 9.65. The number of morpholine rings is 1. The number of rotatable bonds is 1. The number of hydrogen-bond donors (Lipinski definition) is 2. The highest BCUT2D eigenvalue weighted by molar-refractivity contribution is 6.21. The molecule has 1 spiro atoms. The normalized spacial score (nSPS) is 28.3. The molecule has 192 valence electrons. The largest absolute Gasteiger partial charge is 0.512 e. The first kappa shape index (κ1) is 24.0. The van der Waals surface area contributed by atoms with Gasteiger partial charge in [0.1, 0.15) is 0 Å². The van der Waals surface area contributed by atoms with Gasteiger partial charge in [-0.3, -0.25) is 19.8 Å². The molecule has 1 aromatic carbocycles. The molecule has 0 radical (unpaired) electrons. The minimum atomic E-state index is -1.83. The van der Waals surface area contributed by atoms with E-state index in [9.17, 15) is 19.2 Å². The summed E-state index contributed by atoms with van der Waals surface area (Å²) >= 11 is 0. The fourth-order valence-corrected chi connectivity index (χ4v) is 5.77. The second-order valence-electron chi connectivity index (χ2n) is 10.4. The van der Waals surface area contributed by atoms with Crippen LogP contribution in [0.1, 0.15) is 40.2 Å². The fraction of sp³-hybridized carbons (Fsp3) is 0.522. The van der Waals surface area contributed by atoms with Gasteiger partial charge in [-0.15, -0.1) is 0 Å². The van der Waals surface area contributed by atoms with Gasteiger partial charge in [-0.2, -0.15) is 0 Å². The number of hydrogen-bond acceptors (Lipinski definition) is 9. The molecule has 13 heteroatoms. The zero-order valence-corrected chi connectivity index (χ0v) is 20.2. The van der Waals surface area contributed by atoms with Crippen molar-refractivity contribution in [2.24, 2.45) is 5.41 Å². The Hall–Kier alpha value is -3.74. The van der Waals surface area contributed by atoms with Gasteiger partial charge in [0.2, 0.25) is 17.4 Å². The second kappa shape index (κ2) is 7.63. The standard InChI is InChI=1S/C23H25FN4O8/c1-9-8-27-14-11(6-12-15(13(14)24)36-26-17(12)35-21(32)33)7-23(16(27)10(2)34-9)18(29)25-20(31)28(19(23)30)22(3,4)5/h6,9-10,16H,7-8H2,1-5H3,(H,32,33)(H,25,29,31)/t9-,10+,16-,23?/m0/s1. The molecule has 4 atom stereocenters. The van der Waals surface area contributed by atoms with Crippen LogP contribution in [0.15, 0.2) is 10.6 Å². The molecule has 12 nitrogen and oxygen atoms in total. The van der Waals surface area contributed by atoms with Crippen molar-refractivity contribution in [2.75, 3.05) is 11.4 Å². The Balaban J connectivity index is 1.77. The van der Waals surface area contributed by atoms with Crippen molar-refractivity contribution < 1.29 is 42.7 Å². The summed E-state index contributed by atoms with van der Waals surface area (Å²) in [5, 5.41) is 14.8. The zero-order chi connectivity index (χ0) is 26.3. The van der Waals surface area contributed by atoms with Gasteiger partial charge < -0.3 is 24.0 Å². The average Bonchev–Trinajstić information content (AvgIpc) is 3.12. The molecule has 2 saturated heterocycles. The Morgan fingerprint density at radius 3 is 2.64 bits per heavy atom. The summed E-state index contributed by atoms with van der Waals surface area (Å²) in [4.78, 5) is 54.1. The number of nitrogens with one attached hydrogen (secondary N) is 1. The van der Waals surface area contributed by atoms with E-state index in [4.69, 9.17) is 14.4 Å². The first-order valence-electron chi connectivity index (χ1n) is 11.4. The summed E-state index contributed by atoms with van der Waals surface area (Å²) in [6.07, 6.45) is -3.02. The predicted molar refractivity (Wildman–Crippen MR) is 120 cm³/mol. The Bertz CT molecular complexity index is 1330. The lowest BCUT2D eigenvalue weighted by Gasteiger charge is -2.57. The van der Waals surface area contributed by atoms with Crippen LogP contribution in [0.5, 0.6) is 5.88 Å². The summed E-state index contributed by atoms with van der Waals surface area (Å²) in [7, 11) is 0. The lowest BCUT2D eigenvalue weighted by Crippen LogP contribution is -2.77. The number of carbonyl (C=O) groups excluding carboxylic acids is 3. The van der Waals surface area contributed by atoms with Crippen molar-refractivity contribution in [3.63, 3.8) is 0 Å². The average molecular weight is 504 g/mol.